The van der Waals surface area contributed by atoms with Crippen molar-refractivity contribution in [2.45, 2.75) is 0 Å². The molecule has 0 unspecified atom stereocenters. The molecule has 2 aromatic heterocycles. The Labute approximate surface area is 82.2 Å². The number of ether oxygens (including phenoxy) is 1. The van der Waals surface area contributed by atoms with Crippen LogP contribution in [0.2, 0.25) is 0 Å². The van der Waals surface area contributed by atoms with Crippen molar-refractivity contribution in [3.63, 3.8) is 0 Å². The summed E-state index contributed by atoms with van der Waals surface area (Å²) < 4.78 is 5.51. The maximum absolute atomic E-state index is 11.1. The van der Waals surface area contributed by atoms with E-state index < -0.39 is 0 Å². The number of thiophene rings is 2. The van der Waals surface area contributed by atoms with Gasteiger partial charge in [0.2, 0.25) is 0 Å². The fourth-order valence-corrected chi connectivity index (χ4v) is 3.07. The third kappa shape index (κ3) is 1.30. The molecule has 0 amide bonds. The summed E-state index contributed by atoms with van der Waals surface area (Å²) in [7, 11) is 1.34. The van der Waals surface area contributed by atoms with Crippen molar-refractivity contribution < 1.29 is 14.6 Å². The second kappa shape index (κ2) is 3.01. The molecule has 2 rings (SSSR count). The van der Waals surface area contributed by atoms with Crippen LogP contribution in [0.4, 0.5) is 0 Å². The van der Waals surface area contributed by atoms with Gasteiger partial charge < -0.3 is 9.84 Å². The smallest absolute Gasteiger partial charge is 0.348 e. The Bertz CT molecular complexity index is 455. The first kappa shape index (κ1) is 8.52. The number of rotatable bonds is 1. The van der Waals surface area contributed by atoms with Crippen LogP contribution in [0.5, 0.6) is 5.75 Å². The molecule has 0 aliphatic carbocycles. The summed E-state index contributed by atoms with van der Waals surface area (Å²) in [6, 6.07) is 1.65. The molecular weight excluding hydrogens is 208 g/mol. The molecule has 0 spiro atoms. The Morgan fingerprint density at radius 1 is 1.62 bits per heavy atom. The van der Waals surface area contributed by atoms with E-state index >= 15 is 0 Å². The standard InChI is InChI=1S/C8H6O3S2/c1-11-7(10)6-2-4-5(9)3-12-8(4)13-6/h2-3,9H,1H3. The Hall–Kier alpha value is -1.07. The van der Waals surface area contributed by atoms with Gasteiger partial charge in [-0.25, -0.2) is 4.79 Å². The van der Waals surface area contributed by atoms with Gasteiger partial charge in [-0.2, -0.15) is 0 Å². The van der Waals surface area contributed by atoms with Gasteiger partial charge >= 0.3 is 5.97 Å². The van der Waals surface area contributed by atoms with E-state index in [0.29, 0.717) is 4.88 Å². The van der Waals surface area contributed by atoms with Crippen LogP contribution in [-0.2, 0) is 4.74 Å². The highest BCUT2D eigenvalue weighted by Crippen LogP contribution is 2.37. The predicted molar refractivity (Wildman–Crippen MR) is 52.7 cm³/mol. The van der Waals surface area contributed by atoms with Crippen LogP contribution >= 0.6 is 22.7 Å². The molecule has 5 heteroatoms. The van der Waals surface area contributed by atoms with Crippen molar-refractivity contribution in [2.75, 3.05) is 7.11 Å². The van der Waals surface area contributed by atoms with E-state index in [1.54, 1.807) is 11.4 Å². The zero-order valence-electron chi connectivity index (χ0n) is 6.73. The van der Waals surface area contributed by atoms with Gasteiger partial charge in [0.25, 0.3) is 0 Å². The first-order valence-corrected chi connectivity index (χ1v) is 5.20. The Balaban J connectivity index is 2.56. The summed E-state index contributed by atoms with van der Waals surface area (Å²) >= 11 is 2.76. The fraction of sp³-hybridized carbons (Fsp3) is 0.125. The van der Waals surface area contributed by atoms with E-state index in [0.717, 1.165) is 9.40 Å². The van der Waals surface area contributed by atoms with E-state index in [-0.39, 0.29) is 11.7 Å². The summed E-state index contributed by atoms with van der Waals surface area (Å²) in [4.78, 5) is 11.6. The van der Waals surface area contributed by atoms with E-state index in [1.165, 1.54) is 29.8 Å². The van der Waals surface area contributed by atoms with Gasteiger partial charge in [0.15, 0.2) is 0 Å². The summed E-state index contributed by atoms with van der Waals surface area (Å²) in [5.74, 6) is -0.126. The third-order valence-corrected chi connectivity index (χ3v) is 3.86. The first-order chi connectivity index (χ1) is 6.22. The van der Waals surface area contributed by atoms with Crippen LogP contribution in [0.3, 0.4) is 0 Å². The van der Waals surface area contributed by atoms with Crippen LogP contribution < -0.4 is 0 Å². The van der Waals surface area contributed by atoms with Gasteiger partial charge in [-0.05, 0) is 6.07 Å². The lowest BCUT2D eigenvalue weighted by Gasteiger charge is -1.90. The van der Waals surface area contributed by atoms with Crippen molar-refractivity contribution in [1.29, 1.82) is 0 Å². The molecule has 1 N–H and O–H groups in total. The highest BCUT2D eigenvalue weighted by molar-refractivity contribution is 7.38. The molecule has 0 fully saturated rings. The van der Waals surface area contributed by atoms with Gasteiger partial charge in [-0.1, -0.05) is 0 Å². The van der Waals surface area contributed by atoms with Crippen LogP contribution in [-0.4, -0.2) is 18.2 Å². The van der Waals surface area contributed by atoms with Gasteiger partial charge in [0.05, 0.1) is 11.1 Å². The number of carbonyl (C=O) groups is 1. The third-order valence-electron chi connectivity index (χ3n) is 1.64. The topological polar surface area (TPSA) is 46.5 Å². The van der Waals surface area contributed by atoms with Crippen LogP contribution in [0.15, 0.2) is 11.4 Å². The van der Waals surface area contributed by atoms with Crippen molar-refractivity contribution in [2.24, 2.45) is 0 Å². The minimum absolute atomic E-state index is 0.228. The lowest BCUT2D eigenvalue weighted by Crippen LogP contribution is -1.96. The molecule has 2 aromatic rings. The lowest BCUT2D eigenvalue weighted by molar-refractivity contribution is 0.0606. The molecule has 0 aliphatic heterocycles. The van der Waals surface area contributed by atoms with E-state index in [4.69, 9.17) is 0 Å². The van der Waals surface area contributed by atoms with E-state index in [1.807, 2.05) is 0 Å². The van der Waals surface area contributed by atoms with Crippen LogP contribution in [0, 0.1) is 0 Å². The molecule has 0 aliphatic rings. The van der Waals surface area contributed by atoms with Crippen molar-refractivity contribution >= 4 is 38.0 Å². The number of hydrogen-bond donors (Lipinski definition) is 1. The normalized spacial score (nSPS) is 10.5. The molecular formula is C8H6O3S2. The van der Waals surface area contributed by atoms with Crippen molar-refractivity contribution in [1.82, 2.24) is 0 Å². The first-order valence-electron chi connectivity index (χ1n) is 3.50. The Morgan fingerprint density at radius 3 is 3.00 bits per heavy atom. The summed E-state index contributed by atoms with van der Waals surface area (Å²) in [5, 5.41) is 11.7. The number of methoxy groups -OCH3 is 1. The molecule has 0 saturated carbocycles. The number of hydrogen-bond acceptors (Lipinski definition) is 5. The molecule has 2 heterocycles. The quantitative estimate of drug-likeness (QED) is 0.742. The summed E-state index contributed by atoms with van der Waals surface area (Å²) in [6.07, 6.45) is 0. The maximum Gasteiger partial charge on any atom is 0.348 e. The van der Waals surface area contributed by atoms with Crippen molar-refractivity contribution in [3.05, 3.63) is 16.3 Å². The molecule has 13 heavy (non-hydrogen) atoms. The SMILES string of the molecule is COC(=O)c1cc2c(O)csc2s1. The molecule has 3 nitrogen and oxygen atoms in total. The molecule has 0 radical (unpaired) electrons. The highest BCUT2D eigenvalue weighted by atomic mass is 32.2. The minimum Gasteiger partial charge on any atom is -0.506 e. The number of aromatic hydroxyl groups is 1. The number of carbonyl (C=O) groups excluding carboxylic acids is 1. The van der Waals surface area contributed by atoms with Crippen LogP contribution in [0.1, 0.15) is 9.67 Å². The zero-order chi connectivity index (χ0) is 9.42. The molecule has 0 bridgehead atoms. The average molecular weight is 214 g/mol. The Kier molecular flexibility index (Phi) is 1.97. The monoisotopic (exact) mass is 214 g/mol. The van der Waals surface area contributed by atoms with E-state index in [9.17, 15) is 9.90 Å². The van der Waals surface area contributed by atoms with Gasteiger partial charge in [0, 0.05) is 10.8 Å². The maximum atomic E-state index is 11.1. The number of esters is 1. The van der Waals surface area contributed by atoms with Gasteiger partial charge in [-0.15, -0.1) is 22.7 Å². The lowest BCUT2D eigenvalue weighted by atomic mass is 10.3. The van der Waals surface area contributed by atoms with Gasteiger partial charge in [-0.3, -0.25) is 0 Å². The molecule has 0 saturated heterocycles. The van der Waals surface area contributed by atoms with Gasteiger partial charge in [0.1, 0.15) is 10.6 Å². The fourth-order valence-electron chi connectivity index (χ4n) is 1.01. The Morgan fingerprint density at radius 2 is 2.38 bits per heavy atom. The largest absolute Gasteiger partial charge is 0.506 e. The summed E-state index contributed by atoms with van der Waals surface area (Å²) in [6.45, 7) is 0. The second-order valence-corrected chi connectivity index (χ2v) is 4.61. The molecule has 0 aromatic carbocycles. The number of fused-ring (bicyclic) bond motifs is 1. The predicted octanol–water partition coefficient (Wildman–Crippen LogP) is 2.46. The zero-order valence-corrected chi connectivity index (χ0v) is 8.37. The van der Waals surface area contributed by atoms with E-state index in [2.05, 4.69) is 4.74 Å². The average Bonchev–Trinajstić information content (AvgIpc) is 2.67. The second-order valence-electron chi connectivity index (χ2n) is 2.42. The minimum atomic E-state index is -0.354. The molecule has 68 valence electrons. The summed E-state index contributed by atoms with van der Waals surface area (Å²) in [5.41, 5.74) is 0. The highest BCUT2D eigenvalue weighted by Gasteiger charge is 2.13. The van der Waals surface area contributed by atoms with Crippen LogP contribution in [0.25, 0.3) is 9.40 Å². The van der Waals surface area contributed by atoms with Crippen molar-refractivity contribution in [3.8, 4) is 5.75 Å². The molecule has 0 atom stereocenters.